The van der Waals surface area contributed by atoms with Crippen molar-refractivity contribution in [1.82, 2.24) is 4.90 Å². The molecule has 1 saturated heterocycles. The van der Waals surface area contributed by atoms with Crippen LogP contribution in [-0.2, 0) is 4.79 Å². The highest BCUT2D eigenvalue weighted by Crippen LogP contribution is 2.31. The molecule has 1 amide bonds. The summed E-state index contributed by atoms with van der Waals surface area (Å²) in [4.78, 5) is 15.4. The minimum absolute atomic E-state index is 0.139. The molecular formula is C23H25NO. The van der Waals surface area contributed by atoms with E-state index in [1.165, 1.54) is 5.57 Å². The number of allylic oxidation sites excluding steroid dienone is 3. The number of nitrogens with zero attached hydrogens (tertiary/aromatic N) is 1. The lowest BCUT2D eigenvalue weighted by Crippen LogP contribution is -2.29. The average Bonchev–Trinajstić information content (AvgIpc) is 3.17. The highest BCUT2D eigenvalue weighted by atomic mass is 16.2. The summed E-state index contributed by atoms with van der Waals surface area (Å²) in [6.45, 7) is 5.86. The van der Waals surface area contributed by atoms with Crippen LogP contribution in [0.4, 0.5) is 0 Å². The van der Waals surface area contributed by atoms with Crippen molar-refractivity contribution in [3.05, 3.63) is 83.4 Å². The van der Waals surface area contributed by atoms with Crippen LogP contribution in [0.3, 0.4) is 0 Å². The number of hydrogen-bond donors (Lipinski definition) is 0. The molecule has 128 valence electrons. The molecule has 3 rings (SSSR count). The maximum Gasteiger partial charge on any atom is 0.255 e. The summed E-state index contributed by atoms with van der Waals surface area (Å²) in [5.74, 6) is 0.139. The van der Waals surface area contributed by atoms with Crippen molar-refractivity contribution in [3.8, 4) is 0 Å². The van der Waals surface area contributed by atoms with Gasteiger partial charge in [0, 0.05) is 13.1 Å². The summed E-state index contributed by atoms with van der Waals surface area (Å²) in [5, 5.41) is 0. The van der Waals surface area contributed by atoms with Gasteiger partial charge < -0.3 is 4.90 Å². The Hall–Kier alpha value is -2.61. The number of hydrogen-bond acceptors (Lipinski definition) is 1. The molecule has 1 fully saturated rings. The van der Waals surface area contributed by atoms with Gasteiger partial charge >= 0.3 is 0 Å². The zero-order valence-corrected chi connectivity index (χ0v) is 15.0. The van der Waals surface area contributed by atoms with E-state index in [9.17, 15) is 4.79 Å². The molecule has 0 radical (unpaired) electrons. The van der Waals surface area contributed by atoms with Crippen molar-refractivity contribution in [1.29, 1.82) is 0 Å². The van der Waals surface area contributed by atoms with Gasteiger partial charge in [0.1, 0.15) is 0 Å². The van der Waals surface area contributed by atoms with Gasteiger partial charge in [0.15, 0.2) is 0 Å². The van der Waals surface area contributed by atoms with Gasteiger partial charge in [0.25, 0.3) is 5.91 Å². The second kappa shape index (κ2) is 7.98. The molecule has 0 aliphatic carbocycles. The van der Waals surface area contributed by atoms with Crippen LogP contribution < -0.4 is 0 Å². The van der Waals surface area contributed by atoms with Crippen molar-refractivity contribution in [2.75, 3.05) is 13.1 Å². The van der Waals surface area contributed by atoms with Gasteiger partial charge in [-0.1, -0.05) is 72.3 Å². The maximum atomic E-state index is 13.4. The van der Waals surface area contributed by atoms with Gasteiger partial charge in [0.2, 0.25) is 0 Å². The van der Waals surface area contributed by atoms with E-state index in [1.807, 2.05) is 53.4 Å². The molecule has 0 saturated carbocycles. The van der Waals surface area contributed by atoms with Crippen LogP contribution in [0.15, 0.2) is 72.3 Å². The third-order valence-corrected chi connectivity index (χ3v) is 4.46. The summed E-state index contributed by atoms with van der Waals surface area (Å²) in [7, 11) is 0. The number of rotatable bonds is 4. The summed E-state index contributed by atoms with van der Waals surface area (Å²) in [6.07, 6.45) is 4.32. The van der Waals surface area contributed by atoms with E-state index in [4.69, 9.17) is 0 Å². The fourth-order valence-corrected chi connectivity index (χ4v) is 3.28. The molecule has 1 heterocycles. The lowest BCUT2D eigenvalue weighted by atomic mass is 9.92. The molecular weight excluding hydrogens is 306 g/mol. The van der Waals surface area contributed by atoms with Gasteiger partial charge in [-0.15, -0.1) is 0 Å². The van der Waals surface area contributed by atoms with E-state index in [-0.39, 0.29) is 5.91 Å². The Morgan fingerprint density at radius 1 is 0.840 bits per heavy atom. The Bertz CT molecular complexity index is 777. The Kier molecular flexibility index (Phi) is 5.49. The Balaban J connectivity index is 2.22. The van der Waals surface area contributed by atoms with Crippen molar-refractivity contribution >= 4 is 17.1 Å². The van der Waals surface area contributed by atoms with Crippen LogP contribution >= 0.6 is 0 Å². The lowest BCUT2D eigenvalue weighted by molar-refractivity contribution is -0.123. The van der Waals surface area contributed by atoms with Gasteiger partial charge in [-0.25, -0.2) is 0 Å². The third-order valence-electron chi connectivity index (χ3n) is 4.46. The fraction of sp³-hybridized carbons (Fsp3) is 0.261. The number of likely N-dealkylation sites (tertiary alicyclic amines) is 1. The minimum atomic E-state index is 0.139. The largest absolute Gasteiger partial charge is 0.339 e. The summed E-state index contributed by atoms with van der Waals surface area (Å²) < 4.78 is 0. The van der Waals surface area contributed by atoms with Crippen molar-refractivity contribution in [2.24, 2.45) is 0 Å². The third kappa shape index (κ3) is 4.08. The fourth-order valence-electron chi connectivity index (χ4n) is 3.28. The SMILES string of the molecule is CC(C)=C/C(=C(/C(=O)N1CCCC1)c1ccccc1)c1ccccc1. The first-order chi connectivity index (χ1) is 12.2. The first-order valence-electron chi connectivity index (χ1n) is 8.96. The highest BCUT2D eigenvalue weighted by molar-refractivity contribution is 6.28. The van der Waals surface area contributed by atoms with Crippen LogP contribution in [-0.4, -0.2) is 23.9 Å². The smallest absolute Gasteiger partial charge is 0.255 e. The maximum absolute atomic E-state index is 13.4. The number of carbonyl (C=O) groups excluding carboxylic acids is 1. The Morgan fingerprint density at radius 3 is 1.88 bits per heavy atom. The van der Waals surface area contributed by atoms with Crippen LogP contribution in [0.2, 0.25) is 0 Å². The molecule has 2 nitrogen and oxygen atoms in total. The predicted octanol–water partition coefficient (Wildman–Crippen LogP) is 5.19. The van der Waals surface area contributed by atoms with Crippen molar-refractivity contribution < 1.29 is 4.79 Å². The van der Waals surface area contributed by atoms with E-state index in [0.29, 0.717) is 0 Å². The molecule has 2 aromatic carbocycles. The van der Waals surface area contributed by atoms with E-state index in [1.54, 1.807) is 0 Å². The minimum Gasteiger partial charge on any atom is -0.339 e. The molecule has 0 spiro atoms. The molecule has 1 aliphatic heterocycles. The molecule has 0 N–H and O–H groups in total. The van der Waals surface area contributed by atoms with E-state index < -0.39 is 0 Å². The Morgan fingerprint density at radius 2 is 1.36 bits per heavy atom. The van der Waals surface area contributed by atoms with E-state index in [2.05, 4.69) is 32.1 Å². The van der Waals surface area contributed by atoms with Gasteiger partial charge in [-0.3, -0.25) is 4.79 Å². The monoisotopic (exact) mass is 331 g/mol. The quantitative estimate of drug-likeness (QED) is 0.429. The highest BCUT2D eigenvalue weighted by Gasteiger charge is 2.25. The summed E-state index contributed by atoms with van der Waals surface area (Å²) in [5.41, 5.74) is 5.05. The second-order valence-electron chi connectivity index (χ2n) is 6.74. The molecule has 0 aromatic heterocycles. The molecule has 2 heteroatoms. The summed E-state index contributed by atoms with van der Waals surface area (Å²) in [6, 6.07) is 20.3. The van der Waals surface area contributed by atoms with Crippen molar-refractivity contribution in [2.45, 2.75) is 26.7 Å². The lowest BCUT2D eigenvalue weighted by Gasteiger charge is -2.21. The molecule has 2 aromatic rings. The van der Waals surface area contributed by atoms with Crippen LogP contribution in [0.25, 0.3) is 11.1 Å². The normalized spacial score (nSPS) is 14.9. The van der Waals surface area contributed by atoms with E-state index in [0.717, 1.165) is 48.2 Å². The molecule has 0 atom stereocenters. The molecule has 1 aliphatic rings. The van der Waals surface area contributed by atoms with Gasteiger partial charge in [-0.2, -0.15) is 0 Å². The van der Waals surface area contributed by atoms with Crippen molar-refractivity contribution in [3.63, 3.8) is 0 Å². The molecule has 0 bridgehead atoms. The first kappa shape index (κ1) is 17.2. The number of amides is 1. The number of carbonyl (C=O) groups is 1. The standard InChI is InChI=1S/C23H25NO/c1-18(2)17-21(19-11-5-3-6-12-19)22(20-13-7-4-8-14-20)23(25)24-15-9-10-16-24/h3-8,11-14,17H,9-10,15-16H2,1-2H3/b22-21-. The zero-order valence-electron chi connectivity index (χ0n) is 15.0. The number of benzene rings is 2. The first-order valence-corrected chi connectivity index (χ1v) is 8.96. The topological polar surface area (TPSA) is 20.3 Å². The predicted molar refractivity (Wildman–Crippen MR) is 105 cm³/mol. The second-order valence-corrected chi connectivity index (χ2v) is 6.74. The molecule has 25 heavy (non-hydrogen) atoms. The van der Waals surface area contributed by atoms with E-state index >= 15 is 0 Å². The molecule has 0 unspecified atom stereocenters. The van der Waals surface area contributed by atoms with Crippen LogP contribution in [0.1, 0.15) is 37.8 Å². The zero-order chi connectivity index (χ0) is 17.6. The van der Waals surface area contributed by atoms with Gasteiger partial charge in [-0.05, 0) is 43.4 Å². The van der Waals surface area contributed by atoms with Crippen LogP contribution in [0, 0.1) is 0 Å². The van der Waals surface area contributed by atoms with Gasteiger partial charge in [0.05, 0.1) is 5.57 Å². The van der Waals surface area contributed by atoms with Crippen LogP contribution in [0.5, 0.6) is 0 Å². The summed E-state index contributed by atoms with van der Waals surface area (Å²) >= 11 is 0. The average molecular weight is 331 g/mol. The Labute approximate surface area is 150 Å².